The number of hydrogen-bond acceptors (Lipinski definition) is 2. The average molecular weight is 307 g/mol. The van der Waals surface area contributed by atoms with Crippen LogP contribution in [0.25, 0.3) is 0 Å². The third kappa shape index (κ3) is 3.13. The molecule has 2 unspecified atom stereocenters. The topological polar surface area (TPSA) is 15.3 Å². The van der Waals surface area contributed by atoms with Crippen LogP contribution in [0.2, 0.25) is 5.02 Å². The van der Waals surface area contributed by atoms with Crippen LogP contribution in [0, 0.1) is 0 Å². The largest absolute Gasteiger partial charge is 0.308 e. The van der Waals surface area contributed by atoms with Gasteiger partial charge in [0.1, 0.15) is 0 Å². The number of rotatable bonds is 2. The van der Waals surface area contributed by atoms with Crippen LogP contribution >= 0.6 is 11.6 Å². The van der Waals surface area contributed by atoms with Crippen molar-refractivity contribution in [2.45, 2.75) is 63.6 Å². The lowest BCUT2D eigenvalue weighted by atomic mass is 9.79. The molecule has 1 saturated heterocycles. The SMILES string of the molecule is CC1CNC2(CCCCC2)CN1C(C)c1ccccc1Cl. The van der Waals surface area contributed by atoms with Gasteiger partial charge in [0.15, 0.2) is 0 Å². The molecule has 2 aliphatic rings. The molecular formula is C18H27ClN2. The fraction of sp³-hybridized carbons (Fsp3) is 0.667. The van der Waals surface area contributed by atoms with Crippen molar-refractivity contribution < 1.29 is 0 Å². The molecule has 21 heavy (non-hydrogen) atoms. The molecule has 2 atom stereocenters. The van der Waals surface area contributed by atoms with Crippen LogP contribution in [-0.2, 0) is 0 Å². The van der Waals surface area contributed by atoms with Gasteiger partial charge in [0.25, 0.3) is 0 Å². The predicted octanol–water partition coefficient (Wildman–Crippen LogP) is 4.40. The normalized spacial score (nSPS) is 27.7. The van der Waals surface area contributed by atoms with Crippen molar-refractivity contribution in [3.05, 3.63) is 34.9 Å². The smallest absolute Gasteiger partial charge is 0.0453 e. The zero-order chi connectivity index (χ0) is 14.9. The minimum atomic E-state index is 0.347. The van der Waals surface area contributed by atoms with E-state index in [1.54, 1.807) is 0 Å². The Balaban J connectivity index is 1.80. The fourth-order valence-electron chi connectivity index (χ4n) is 4.12. The van der Waals surface area contributed by atoms with Crippen molar-refractivity contribution in [3.63, 3.8) is 0 Å². The van der Waals surface area contributed by atoms with E-state index in [1.165, 1.54) is 37.7 Å². The second-order valence-electron chi connectivity index (χ2n) is 6.94. The van der Waals surface area contributed by atoms with E-state index in [0.29, 0.717) is 17.6 Å². The fourth-order valence-corrected chi connectivity index (χ4v) is 4.41. The van der Waals surface area contributed by atoms with E-state index in [1.807, 2.05) is 12.1 Å². The predicted molar refractivity (Wildman–Crippen MR) is 89.9 cm³/mol. The maximum atomic E-state index is 6.42. The van der Waals surface area contributed by atoms with Gasteiger partial charge in [0, 0.05) is 35.7 Å². The van der Waals surface area contributed by atoms with E-state index in [-0.39, 0.29) is 0 Å². The standard InChI is InChI=1S/C18H27ClN2/c1-14-12-20-18(10-6-3-7-11-18)13-21(14)15(2)16-8-4-5-9-17(16)19/h4-5,8-9,14-15,20H,3,6-7,10-13H2,1-2H3. The number of nitrogens with zero attached hydrogens (tertiary/aromatic N) is 1. The third-order valence-corrected chi connectivity index (χ3v) is 5.83. The van der Waals surface area contributed by atoms with Crippen LogP contribution in [0.15, 0.2) is 24.3 Å². The molecule has 1 heterocycles. The Labute approximate surface area is 133 Å². The van der Waals surface area contributed by atoms with Crippen molar-refractivity contribution in [1.29, 1.82) is 0 Å². The maximum Gasteiger partial charge on any atom is 0.0453 e. The van der Waals surface area contributed by atoms with E-state index in [9.17, 15) is 0 Å². The minimum absolute atomic E-state index is 0.347. The van der Waals surface area contributed by atoms with Crippen molar-refractivity contribution in [3.8, 4) is 0 Å². The second kappa shape index (κ2) is 6.28. The Bertz CT molecular complexity index is 482. The van der Waals surface area contributed by atoms with E-state index in [0.717, 1.165) is 18.1 Å². The van der Waals surface area contributed by atoms with Crippen molar-refractivity contribution >= 4 is 11.6 Å². The Morgan fingerprint density at radius 2 is 1.95 bits per heavy atom. The van der Waals surface area contributed by atoms with Crippen LogP contribution < -0.4 is 5.32 Å². The highest BCUT2D eigenvalue weighted by molar-refractivity contribution is 6.31. The summed E-state index contributed by atoms with van der Waals surface area (Å²) in [6.45, 7) is 6.88. The molecule has 1 N–H and O–H groups in total. The monoisotopic (exact) mass is 306 g/mol. The Hall–Kier alpha value is -0.570. The molecule has 0 aromatic heterocycles. The van der Waals surface area contributed by atoms with Gasteiger partial charge in [-0.1, -0.05) is 49.1 Å². The summed E-state index contributed by atoms with van der Waals surface area (Å²) in [5, 5.41) is 4.76. The highest BCUT2D eigenvalue weighted by Gasteiger charge is 2.40. The first kappa shape index (κ1) is 15.3. The van der Waals surface area contributed by atoms with Gasteiger partial charge >= 0.3 is 0 Å². The number of hydrogen-bond donors (Lipinski definition) is 1. The number of nitrogens with one attached hydrogen (secondary N) is 1. The van der Waals surface area contributed by atoms with Crippen LogP contribution in [0.1, 0.15) is 57.6 Å². The van der Waals surface area contributed by atoms with Crippen molar-refractivity contribution in [1.82, 2.24) is 10.2 Å². The number of piperazine rings is 1. The van der Waals surface area contributed by atoms with E-state index in [2.05, 4.69) is 36.2 Å². The van der Waals surface area contributed by atoms with Crippen LogP contribution in [0.5, 0.6) is 0 Å². The second-order valence-corrected chi connectivity index (χ2v) is 7.35. The van der Waals surface area contributed by atoms with Gasteiger partial charge in [0.05, 0.1) is 0 Å². The van der Waals surface area contributed by atoms with Crippen LogP contribution in [-0.4, -0.2) is 29.6 Å². The molecule has 1 saturated carbocycles. The van der Waals surface area contributed by atoms with Gasteiger partial charge in [-0.25, -0.2) is 0 Å². The average Bonchev–Trinajstić information content (AvgIpc) is 2.51. The molecule has 1 aromatic carbocycles. The minimum Gasteiger partial charge on any atom is -0.308 e. The summed E-state index contributed by atoms with van der Waals surface area (Å²) in [5.41, 5.74) is 1.61. The molecule has 0 radical (unpaired) electrons. The molecule has 1 aromatic rings. The van der Waals surface area contributed by atoms with Gasteiger partial charge in [-0.3, -0.25) is 4.90 Å². The number of benzene rings is 1. The molecule has 0 bridgehead atoms. The molecule has 116 valence electrons. The Kier molecular flexibility index (Phi) is 4.58. The Morgan fingerprint density at radius 3 is 2.67 bits per heavy atom. The summed E-state index contributed by atoms with van der Waals surface area (Å²) in [6.07, 6.45) is 6.79. The van der Waals surface area contributed by atoms with Crippen LogP contribution in [0.4, 0.5) is 0 Å². The van der Waals surface area contributed by atoms with Gasteiger partial charge in [-0.15, -0.1) is 0 Å². The molecule has 3 rings (SSSR count). The Morgan fingerprint density at radius 1 is 1.24 bits per heavy atom. The highest BCUT2D eigenvalue weighted by Crippen LogP contribution is 2.36. The first-order chi connectivity index (χ1) is 10.1. The maximum absolute atomic E-state index is 6.42. The first-order valence-electron chi connectivity index (χ1n) is 8.36. The third-order valence-electron chi connectivity index (χ3n) is 5.49. The van der Waals surface area contributed by atoms with Crippen molar-refractivity contribution in [2.75, 3.05) is 13.1 Å². The van der Waals surface area contributed by atoms with E-state index in [4.69, 9.17) is 11.6 Å². The van der Waals surface area contributed by atoms with Gasteiger partial charge in [0.2, 0.25) is 0 Å². The van der Waals surface area contributed by atoms with Gasteiger partial charge in [-0.2, -0.15) is 0 Å². The number of halogens is 1. The quantitative estimate of drug-likeness (QED) is 0.871. The zero-order valence-electron chi connectivity index (χ0n) is 13.2. The summed E-state index contributed by atoms with van der Waals surface area (Å²) in [4.78, 5) is 2.66. The lowest BCUT2D eigenvalue weighted by Crippen LogP contribution is -2.64. The lowest BCUT2D eigenvalue weighted by molar-refractivity contribution is 0.0356. The molecule has 2 fully saturated rings. The molecule has 2 nitrogen and oxygen atoms in total. The summed E-state index contributed by atoms with van der Waals surface area (Å²) in [6, 6.07) is 9.24. The molecule has 0 amide bonds. The summed E-state index contributed by atoms with van der Waals surface area (Å²) in [5.74, 6) is 0. The molecule has 1 spiro atoms. The van der Waals surface area contributed by atoms with Crippen LogP contribution in [0.3, 0.4) is 0 Å². The summed E-state index contributed by atoms with van der Waals surface area (Å²) in [7, 11) is 0. The molecule has 1 aliphatic heterocycles. The van der Waals surface area contributed by atoms with E-state index < -0.39 is 0 Å². The molecular weight excluding hydrogens is 280 g/mol. The summed E-state index contributed by atoms with van der Waals surface area (Å²) >= 11 is 6.42. The van der Waals surface area contributed by atoms with Gasteiger partial charge < -0.3 is 5.32 Å². The van der Waals surface area contributed by atoms with E-state index >= 15 is 0 Å². The zero-order valence-corrected chi connectivity index (χ0v) is 14.0. The molecule has 1 aliphatic carbocycles. The summed E-state index contributed by atoms with van der Waals surface area (Å²) < 4.78 is 0. The molecule has 3 heteroatoms. The van der Waals surface area contributed by atoms with Gasteiger partial charge in [-0.05, 0) is 38.3 Å². The van der Waals surface area contributed by atoms with Crippen molar-refractivity contribution in [2.24, 2.45) is 0 Å². The first-order valence-corrected chi connectivity index (χ1v) is 8.74. The highest BCUT2D eigenvalue weighted by atomic mass is 35.5. The lowest BCUT2D eigenvalue weighted by Gasteiger charge is -2.51.